The number of hydrogen-bond acceptors (Lipinski definition) is 3. The zero-order chi connectivity index (χ0) is 15.2. The second-order valence-electron chi connectivity index (χ2n) is 5.82. The zero-order valence-corrected chi connectivity index (χ0v) is 13.1. The summed E-state index contributed by atoms with van der Waals surface area (Å²) in [5.41, 5.74) is 0.717. The topological polar surface area (TPSA) is 52.6 Å². The molecule has 0 radical (unpaired) electrons. The second-order valence-corrected chi connectivity index (χ2v) is 6.26. The first kappa shape index (κ1) is 16.3. The molecule has 116 valence electrons. The maximum Gasteiger partial charge on any atom is 0.222 e. The number of aliphatic hydroxyl groups is 1. The third kappa shape index (κ3) is 5.30. The fourth-order valence-corrected chi connectivity index (χ4v) is 2.70. The van der Waals surface area contributed by atoms with Crippen molar-refractivity contribution in [2.45, 2.75) is 25.4 Å². The lowest BCUT2D eigenvalue weighted by molar-refractivity contribution is -0.123. The van der Waals surface area contributed by atoms with Gasteiger partial charge in [-0.15, -0.1) is 0 Å². The van der Waals surface area contributed by atoms with E-state index < -0.39 is 6.10 Å². The fraction of sp³-hybridized carbons (Fsp3) is 0.562. The summed E-state index contributed by atoms with van der Waals surface area (Å²) >= 11 is 5.80. The van der Waals surface area contributed by atoms with E-state index in [4.69, 9.17) is 11.6 Å². The molecule has 1 aliphatic heterocycles. The molecule has 2 rings (SSSR count). The Morgan fingerprint density at radius 3 is 2.62 bits per heavy atom. The molecule has 1 fully saturated rings. The minimum absolute atomic E-state index is 0.0915. The van der Waals surface area contributed by atoms with Gasteiger partial charge >= 0.3 is 0 Å². The van der Waals surface area contributed by atoms with Crippen molar-refractivity contribution < 1.29 is 9.90 Å². The Labute approximate surface area is 131 Å². The minimum Gasteiger partial charge on any atom is -0.388 e. The van der Waals surface area contributed by atoms with E-state index in [1.54, 1.807) is 24.3 Å². The summed E-state index contributed by atoms with van der Waals surface area (Å²) in [6.07, 6.45) is 1.56. The van der Waals surface area contributed by atoms with Crippen molar-refractivity contribution in [1.82, 2.24) is 10.2 Å². The van der Waals surface area contributed by atoms with Crippen molar-refractivity contribution in [1.29, 1.82) is 0 Å². The van der Waals surface area contributed by atoms with Crippen molar-refractivity contribution >= 4 is 17.5 Å². The highest BCUT2D eigenvalue weighted by molar-refractivity contribution is 6.30. The average molecular weight is 311 g/mol. The predicted octanol–water partition coefficient (Wildman–Crippen LogP) is 2.22. The van der Waals surface area contributed by atoms with Gasteiger partial charge in [-0.2, -0.15) is 0 Å². The summed E-state index contributed by atoms with van der Waals surface area (Å²) in [6.45, 7) is 2.89. The first-order chi connectivity index (χ1) is 10.0. The van der Waals surface area contributed by atoms with Crippen molar-refractivity contribution in [3.63, 3.8) is 0 Å². The molecule has 21 heavy (non-hydrogen) atoms. The number of carbonyl (C=O) groups excluding carboxylic acids is 1. The molecule has 1 atom stereocenters. The van der Waals surface area contributed by atoms with Crippen LogP contribution >= 0.6 is 11.6 Å². The summed E-state index contributed by atoms with van der Waals surface area (Å²) in [5.74, 6) is 0.453. The number of halogens is 1. The molecular formula is C16H23ClN2O2. The summed E-state index contributed by atoms with van der Waals surface area (Å²) in [6, 6.07) is 6.93. The molecule has 5 heteroatoms. The Kier molecular flexibility index (Phi) is 6.03. The first-order valence-corrected chi connectivity index (χ1v) is 7.81. The van der Waals surface area contributed by atoms with Crippen LogP contribution in [-0.4, -0.2) is 42.6 Å². The van der Waals surface area contributed by atoms with Crippen LogP contribution in [0.5, 0.6) is 0 Å². The number of aliphatic hydroxyl groups excluding tert-OH is 1. The minimum atomic E-state index is -0.778. The van der Waals surface area contributed by atoms with Crippen molar-refractivity contribution in [3.05, 3.63) is 34.9 Å². The van der Waals surface area contributed by atoms with Crippen molar-refractivity contribution in [2.24, 2.45) is 5.92 Å². The highest BCUT2D eigenvalue weighted by atomic mass is 35.5. The van der Waals surface area contributed by atoms with Gasteiger partial charge in [-0.3, -0.25) is 4.79 Å². The van der Waals surface area contributed by atoms with Gasteiger partial charge in [-0.1, -0.05) is 23.7 Å². The molecule has 0 saturated carbocycles. The normalized spacial score (nSPS) is 18.4. The van der Waals surface area contributed by atoms with Crippen LogP contribution in [0.3, 0.4) is 0 Å². The van der Waals surface area contributed by atoms with E-state index in [0.717, 1.165) is 25.9 Å². The summed E-state index contributed by atoms with van der Waals surface area (Å²) in [7, 11) is 2.12. The van der Waals surface area contributed by atoms with Gasteiger partial charge < -0.3 is 15.3 Å². The fourth-order valence-electron chi connectivity index (χ4n) is 2.57. The summed E-state index contributed by atoms with van der Waals surface area (Å²) in [5, 5.41) is 13.6. The molecule has 1 aromatic carbocycles. The van der Waals surface area contributed by atoms with Crippen LogP contribution in [0.4, 0.5) is 0 Å². The molecule has 1 unspecified atom stereocenters. The van der Waals surface area contributed by atoms with E-state index >= 15 is 0 Å². The maximum absolute atomic E-state index is 11.9. The highest BCUT2D eigenvalue weighted by Gasteiger charge is 2.18. The molecule has 1 saturated heterocycles. The Morgan fingerprint density at radius 1 is 1.38 bits per heavy atom. The van der Waals surface area contributed by atoms with Gasteiger partial charge in [0.2, 0.25) is 5.91 Å². The number of benzene rings is 1. The average Bonchev–Trinajstić information content (AvgIpc) is 2.47. The molecule has 1 aliphatic rings. The smallest absolute Gasteiger partial charge is 0.222 e. The maximum atomic E-state index is 11.9. The van der Waals surface area contributed by atoms with Gasteiger partial charge in [0.25, 0.3) is 0 Å². The molecule has 1 aromatic rings. The van der Waals surface area contributed by atoms with E-state index in [9.17, 15) is 9.90 Å². The molecule has 0 bridgehead atoms. The van der Waals surface area contributed by atoms with E-state index in [2.05, 4.69) is 17.3 Å². The van der Waals surface area contributed by atoms with E-state index in [-0.39, 0.29) is 12.3 Å². The molecule has 0 aliphatic carbocycles. The van der Waals surface area contributed by atoms with Gasteiger partial charge in [-0.25, -0.2) is 0 Å². The Hall–Kier alpha value is -1.10. The molecule has 0 aromatic heterocycles. The number of nitrogens with zero attached hydrogens (tertiary/aromatic N) is 1. The number of hydrogen-bond donors (Lipinski definition) is 2. The zero-order valence-electron chi connectivity index (χ0n) is 12.4. The molecule has 1 amide bonds. The van der Waals surface area contributed by atoms with E-state index in [1.807, 2.05) is 0 Å². The lowest BCUT2D eigenvalue weighted by Gasteiger charge is -2.29. The number of nitrogens with one attached hydrogen (secondary N) is 1. The SMILES string of the molecule is CN1CCC(CNC(=O)CC(O)c2ccc(Cl)cc2)CC1. The van der Waals surface area contributed by atoms with Crippen LogP contribution in [0.1, 0.15) is 30.9 Å². The standard InChI is InChI=1S/C16H23ClN2O2/c1-19-8-6-12(7-9-19)11-18-16(21)10-15(20)13-2-4-14(17)5-3-13/h2-5,12,15,20H,6-11H2,1H3,(H,18,21). The summed E-state index contributed by atoms with van der Waals surface area (Å²) in [4.78, 5) is 14.2. The Bertz CT molecular complexity index is 456. The second kappa shape index (κ2) is 7.78. The van der Waals surface area contributed by atoms with Gasteiger partial charge in [0.1, 0.15) is 0 Å². The van der Waals surface area contributed by atoms with Crippen molar-refractivity contribution in [3.8, 4) is 0 Å². The molecule has 4 nitrogen and oxygen atoms in total. The van der Waals surface area contributed by atoms with Crippen LogP contribution in [0.25, 0.3) is 0 Å². The molecule has 1 heterocycles. The number of piperidine rings is 1. The number of amides is 1. The van der Waals surface area contributed by atoms with Crippen LogP contribution in [-0.2, 0) is 4.79 Å². The number of likely N-dealkylation sites (tertiary alicyclic amines) is 1. The van der Waals surface area contributed by atoms with Crippen LogP contribution in [0.15, 0.2) is 24.3 Å². The van der Waals surface area contributed by atoms with Gasteiger partial charge in [-0.05, 0) is 56.6 Å². The van der Waals surface area contributed by atoms with Crippen LogP contribution < -0.4 is 5.32 Å². The predicted molar refractivity (Wildman–Crippen MR) is 84.3 cm³/mol. The highest BCUT2D eigenvalue weighted by Crippen LogP contribution is 2.19. The molecular weight excluding hydrogens is 288 g/mol. The summed E-state index contributed by atoms with van der Waals surface area (Å²) < 4.78 is 0. The molecule has 0 spiro atoms. The van der Waals surface area contributed by atoms with Crippen molar-refractivity contribution in [2.75, 3.05) is 26.7 Å². The Balaban J connectivity index is 1.72. The third-order valence-electron chi connectivity index (χ3n) is 4.06. The largest absolute Gasteiger partial charge is 0.388 e. The van der Waals surface area contributed by atoms with Gasteiger partial charge in [0.15, 0.2) is 0 Å². The third-order valence-corrected chi connectivity index (χ3v) is 4.31. The number of rotatable bonds is 5. The monoisotopic (exact) mass is 310 g/mol. The quantitative estimate of drug-likeness (QED) is 0.877. The Morgan fingerprint density at radius 2 is 2.00 bits per heavy atom. The molecule has 2 N–H and O–H groups in total. The number of carbonyl (C=O) groups is 1. The van der Waals surface area contributed by atoms with E-state index in [0.29, 0.717) is 23.0 Å². The lowest BCUT2D eigenvalue weighted by Crippen LogP contribution is -2.37. The lowest BCUT2D eigenvalue weighted by atomic mass is 9.97. The van der Waals surface area contributed by atoms with Gasteiger partial charge in [0, 0.05) is 11.6 Å². The van der Waals surface area contributed by atoms with Crippen LogP contribution in [0.2, 0.25) is 5.02 Å². The van der Waals surface area contributed by atoms with E-state index in [1.165, 1.54) is 0 Å². The first-order valence-electron chi connectivity index (χ1n) is 7.43. The van der Waals surface area contributed by atoms with Crippen LogP contribution in [0, 0.1) is 5.92 Å². The van der Waals surface area contributed by atoms with Gasteiger partial charge in [0.05, 0.1) is 12.5 Å².